The van der Waals surface area contributed by atoms with Crippen LogP contribution in [0.1, 0.15) is 0 Å². The van der Waals surface area contributed by atoms with E-state index in [1.165, 1.54) is 5.39 Å². The Kier molecular flexibility index (Phi) is 2.65. The van der Waals surface area contributed by atoms with E-state index in [0.717, 1.165) is 11.1 Å². The quantitative estimate of drug-likeness (QED) is 0.745. The number of benzene rings is 2. The van der Waals surface area contributed by atoms with Crippen LogP contribution < -0.4 is 10.1 Å². The van der Waals surface area contributed by atoms with Crippen molar-refractivity contribution >= 4 is 10.8 Å². The van der Waals surface area contributed by atoms with Crippen LogP contribution in [-0.2, 0) is 0 Å². The van der Waals surface area contributed by atoms with E-state index in [1.807, 2.05) is 31.3 Å². The first-order chi connectivity index (χ1) is 6.92. The van der Waals surface area contributed by atoms with E-state index < -0.39 is 0 Å². The van der Waals surface area contributed by atoms with Gasteiger partial charge in [-0.25, -0.2) is 0 Å². The van der Waals surface area contributed by atoms with Gasteiger partial charge in [-0.15, -0.1) is 0 Å². The molecule has 0 spiro atoms. The van der Waals surface area contributed by atoms with Crippen molar-refractivity contribution in [2.24, 2.45) is 0 Å². The first-order valence-corrected chi connectivity index (χ1v) is 4.67. The minimum absolute atomic E-state index is 0.536. The van der Waals surface area contributed by atoms with E-state index in [-0.39, 0.29) is 0 Å². The molecule has 2 aromatic carbocycles. The third-order valence-corrected chi connectivity index (χ3v) is 2.12. The summed E-state index contributed by atoms with van der Waals surface area (Å²) in [5.74, 6) is 0.928. The van der Waals surface area contributed by atoms with Crippen molar-refractivity contribution < 1.29 is 4.74 Å². The molecule has 0 amide bonds. The number of fused-ring (bicyclic) bond motifs is 1. The second-order valence-corrected chi connectivity index (χ2v) is 3.12. The minimum atomic E-state index is 0.536. The Morgan fingerprint density at radius 1 is 1.07 bits per heavy atom. The van der Waals surface area contributed by atoms with Gasteiger partial charge in [0.2, 0.25) is 0 Å². The van der Waals surface area contributed by atoms with E-state index in [0.29, 0.717) is 6.73 Å². The fourth-order valence-electron chi connectivity index (χ4n) is 1.47. The van der Waals surface area contributed by atoms with Crippen LogP contribution in [0.4, 0.5) is 0 Å². The van der Waals surface area contributed by atoms with E-state index in [1.54, 1.807) is 0 Å². The van der Waals surface area contributed by atoms with Gasteiger partial charge in [-0.2, -0.15) is 0 Å². The summed E-state index contributed by atoms with van der Waals surface area (Å²) in [5.41, 5.74) is 0. The molecule has 2 aromatic rings. The van der Waals surface area contributed by atoms with Crippen LogP contribution in [0, 0.1) is 0 Å². The van der Waals surface area contributed by atoms with Crippen LogP contribution in [0.3, 0.4) is 0 Å². The topological polar surface area (TPSA) is 21.3 Å². The van der Waals surface area contributed by atoms with Crippen LogP contribution in [0.15, 0.2) is 42.5 Å². The molecular weight excluding hydrogens is 174 g/mol. The highest BCUT2D eigenvalue weighted by atomic mass is 16.5. The molecule has 0 aliphatic carbocycles. The van der Waals surface area contributed by atoms with Gasteiger partial charge in [-0.05, 0) is 18.5 Å². The van der Waals surface area contributed by atoms with Gasteiger partial charge in [0.05, 0.1) is 0 Å². The maximum Gasteiger partial charge on any atom is 0.139 e. The van der Waals surface area contributed by atoms with E-state index in [9.17, 15) is 0 Å². The van der Waals surface area contributed by atoms with Crippen molar-refractivity contribution in [3.8, 4) is 5.75 Å². The SMILES string of the molecule is CNCOc1cccc2ccccc12. The summed E-state index contributed by atoms with van der Waals surface area (Å²) in [5, 5.41) is 5.33. The van der Waals surface area contributed by atoms with Gasteiger partial charge in [0.15, 0.2) is 0 Å². The maximum atomic E-state index is 5.56. The predicted octanol–water partition coefficient (Wildman–Crippen LogP) is 2.40. The highest BCUT2D eigenvalue weighted by Crippen LogP contribution is 2.24. The first kappa shape index (κ1) is 9.03. The van der Waals surface area contributed by atoms with Gasteiger partial charge < -0.3 is 4.74 Å². The van der Waals surface area contributed by atoms with Crippen molar-refractivity contribution in [3.63, 3.8) is 0 Å². The van der Waals surface area contributed by atoms with Crippen molar-refractivity contribution in [1.82, 2.24) is 5.32 Å². The molecule has 0 fully saturated rings. The lowest BCUT2D eigenvalue weighted by Crippen LogP contribution is -2.14. The van der Waals surface area contributed by atoms with E-state index in [4.69, 9.17) is 4.74 Å². The lowest BCUT2D eigenvalue weighted by atomic mass is 10.1. The number of hydrogen-bond donors (Lipinski definition) is 1. The number of rotatable bonds is 3. The molecule has 0 radical (unpaired) electrons. The predicted molar refractivity (Wildman–Crippen MR) is 58.5 cm³/mol. The molecule has 0 saturated heterocycles. The molecule has 2 heteroatoms. The fraction of sp³-hybridized carbons (Fsp3) is 0.167. The van der Waals surface area contributed by atoms with Crippen LogP contribution in [0.2, 0.25) is 0 Å². The maximum absolute atomic E-state index is 5.56. The molecular formula is C12H13NO. The molecule has 0 atom stereocenters. The van der Waals surface area contributed by atoms with Crippen molar-refractivity contribution in [2.45, 2.75) is 0 Å². The summed E-state index contributed by atoms with van der Waals surface area (Å²) in [6.45, 7) is 0.536. The Balaban J connectivity index is 2.43. The highest BCUT2D eigenvalue weighted by Gasteiger charge is 1.99. The molecule has 14 heavy (non-hydrogen) atoms. The summed E-state index contributed by atoms with van der Waals surface area (Å²) in [4.78, 5) is 0. The van der Waals surface area contributed by atoms with Crippen LogP contribution in [-0.4, -0.2) is 13.8 Å². The van der Waals surface area contributed by atoms with Crippen LogP contribution in [0.25, 0.3) is 10.8 Å². The Bertz CT molecular complexity index is 420. The summed E-state index contributed by atoms with van der Waals surface area (Å²) in [6.07, 6.45) is 0. The van der Waals surface area contributed by atoms with Gasteiger partial charge in [0.1, 0.15) is 12.5 Å². The zero-order valence-corrected chi connectivity index (χ0v) is 8.16. The van der Waals surface area contributed by atoms with Gasteiger partial charge in [-0.3, -0.25) is 5.32 Å². The summed E-state index contributed by atoms with van der Waals surface area (Å²) < 4.78 is 5.56. The van der Waals surface area contributed by atoms with Crippen molar-refractivity contribution in [2.75, 3.05) is 13.8 Å². The standard InChI is InChI=1S/C12H13NO/c1-13-9-14-12-8-4-6-10-5-2-3-7-11(10)12/h2-8,13H,9H2,1H3. The minimum Gasteiger partial charge on any atom is -0.478 e. The molecule has 72 valence electrons. The Morgan fingerprint density at radius 3 is 2.71 bits per heavy atom. The summed E-state index contributed by atoms with van der Waals surface area (Å²) >= 11 is 0. The zero-order valence-electron chi connectivity index (χ0n) is 8.16. The summed E-state index contributed by atoms with van der Waals surface area (Å²) in [6, 6.07) is 14.3. The highest BCUT2D eigenvalue weighted by molar-refractivity contribution is 5.88. The Labute approximate surface area is 83.5 Å². The van der Waals surface area contributed by atoms with Crippen molar-refractivity contribution in [3.05, 3.63) is 42.5 Å². The normalized spacial score (nSPS) is 10.4. The largest absolute Gasteiger partial charge is 0.478 e. The van der Waals surface area contributed by atoms with Crippen LogP contribution >= 0.6 is 0 Å². The van der Waals surface area contributed by atoms with Gasteiger partial charge in [-0.1, -0.05) is 36.4 Å². The van der Waals surface area contributed by atoms with Gasteiger partial charge in [0, 0.05) is 5.39 Å². The molecule has 0 aliphatic heterocycles. The average Bonchev–Trinajstić information content (AvgIpc) is 2.26. The van der Waals surface area contributed by atoms with Crippen LogP contribution in [0.5, 0.6) is 5.75 Å². The fourth-order valence-corrected chi connectivity index (χ4v) is 1.47. The van der Waals surface area contributed by atoms with E-state index in [2.05, 4.69) is 23.5 Å². The van der Waals surface area contributed by atoms with Crippen molar-refractivity contribution in [1.29, 1.82) is 0 Å². The van der Waals surface area contributed by atoms with Gasteiger partial charge in [0.25, 0.3) is 0 Å². The molecule has 0 bridgehead atoms. The second-order valence-electron chi connectivity index (χ2n) is 3.12. The molecule has 1 N–H and O–H groups in total. The number of ether oxygens (including phenoxy) is 1. The molecule has 0 aliphatic rings. The average molecular weight is 187 g/mol. The summed E-state index contributed by atoms with van der Waals surface area (Å²) in [7, 11) is 1.87. The van der Waals surface area contributed by atoms with E-state index >= 15 is 0 Å². The molecule has 2 rings (SSSR count). The smallest absolute Gasteiger partial charge is 0.139 e. The lowest BCUT2D eigenvalue weighted by Gasteiger charge is -2.07. The number of hydrogen-bond acceptors (Lipinski definition) is 2. The third kappa shape index (κ3) is 1.70. The molecule has 0 heterocycles. The second kappa shape index (κ2) is 4.11. The van der Waals surface area contributed by atoms with Gasteiger partial charge >= 0.3 is 0 Å². The molecule has 0 saturated carbocycles. The monoisotopic (exact) mass is 187 g/mol. The number of nitrogens with one attached hydrogen (secondary N) is 1. The Morgan fingerprint density at radius 2 is 1.86 bits per heavy atom. The zero-order chi connectivity index (χ0) is 9.80. The lowest BCUT2D eigenvalue weighted by molar-refractivity contribution is 0.299. The Hall–Kier alpha value is -1.54. The molecule has 2 nitrogen and oxygen atoms in total. The third-order valence-electron chi connectivity index (χ3n) is 2.12. The molecule has 0 aromatic heterocycles. The first-order valence-electron chi connectivity index (χ1n) is 4.67. The molecule has 0 unspecified atom stereocenters.